The molecule has 0 atom stereocenters. The zero-order valence-electron chi connectivity index (χ0n) is 12.9. The molecule has 0 fully saturated rings. The third-order valence-electron chi connectivity index (χ3n) is 2.86. The second-order valence-corrected chi connectivity index (χ2v) is 4.56. The van der Waals surface area contributed by atoms with E-state index in [9.17, 15) is 4.79 Å². The Balaban J connectivity index is 2.18. The Labute approximate surface area is 129 Å². The third-order valence-corrected chi connectivity index (χ3v) is 2.86. The number of aliphatic imine (C=N–C) groups is 1. The van der Waals surface area contributed by atoms with E-state index in [4.69, 9.17) is 0 Å². The smallest absolute Gasteiger partial charge is 0.292 e. The maximum absolute atomic E-state index is 12.1. The average Bonchev–Trinajstić information content (AvgIpc) is 2.88. The molecule has 0 spiro atoms. The van der Waals surface area contributed by atoms with E-state index in [2.05, 4.69) is 20.7 Å². The molecule has 2 aromatic rings. The van der Waals surface area contributed by atoms with E-state index < -0.39 is 0 Å². The first-order valence-corrected chi connectivity index (χ1v) is 6.99. The Kier molecular flexibility index (Phi) is 5.08. The second-order valence-electron chi connectivity index (χ2n) is 4.56. The Bertz CT molecular complexity index is 701. The minimum Gasteiger partial charge on any atom is -0.292 e. The SMILES string of the molecule is CC=NC(=CC)NC(=O)Nc1cc(C)nn1-c1ccccc1. The topological polar surface area (TPSA) is 71.3 Å². The van der Waals surface area contributed by atoms with Crippen molar-refractivity contribution in [1.29, 1.82) is 0 Å². The van der Waals surface area contributed by atoms with Gasteiger partial charge in [0.15, 0.2) is 0 Å². The van der Waals surface area contributed by atoms with Crippen LogP contribution in [-0.2, 0) is 0 Å². The Morgan fingerprint density at radius 2 is 2.00 bits per heavy atom. The molecule has 0 saturated heterocycles. The van der Waals surface area contributed by atoms with Crippen molar-refractivity contribution in [2.24, 2.45) is 4.99 Å². The molecule has 2 amide bonds. The van der Waals surface area contributed by atoms with Crippen LogP contribution in [-0.4, -0.2) is 22.0 Å². The molecule has 6 nitrogen and oxygen atoms in total. The summed E-state index contributed by atoms with van der Waals surface area (Å²) in [6, 6.07) is 11.1. The van der Waals surface area contributed by atoms with Crippen LogP contribution in [0.2, 0.25) is 0 Å². The van der Waals surface area contributed by atoms with Crippen molar-refractivity contribution in [2.45, 2.75) is 20.8 Å². The zero-order valence-corrected chi connectivity index (χ0v) is 12.9. The van der Waals surface area contributed by atoms with E-state index in [0.29, 0.717) is 11.6 Å². The standard InChI is InChI=1S/C16H19N5O/c1-4-14(17-5-2)18-16(22)19-15-11-12(3)20-21(15)13-9-7-6-8-10-13/h4-11H,1-3H3,(H2,18,19,22). The van der Waals surface area contributed by atoms with Crippen molar-refractivity contribution in [2.75, 3.05) is 5.32 Å². The van der Waals surface area contributed by atoms with Gasteiger partial charge in [-0.25, -0.2) is 14.5 Å². The summed E-state index contributed by atoms with van der Waals surface area (Å²) >= 11 is 0. The fraction of sp³-hybridized carbons (Fsp3) is 0.188. The van der Waals surface area contributed by atoms with Crippen LogP contribution in [0.25, 0.3) is 5.69 Å². The minimum atomic E-state index is -0.365. The molecule has 6 heteroatoms. The Hall–Kier alpha value is -2.89. The quantitative estimate of drug-likeness (QED) is 0.850. The lowest BCUT2D eigenvalue weighted by Gasteiger charge is -2.10. The Morgan fingerprint density at radius 3 is 2.64 bits per heavy atom. The van der Waals surface area contributed by atoms with Crippen LogP contribution in [0.3, 0.4) is 0 Å². The van der Waals surface area contributed by atoms with Gasteiger partial charge in [-0.1, -0.05) is 18.2 Å². The van der Waals surface area contributed by atoms with E-state index in [0.717, 1.165) is 11.4 Å². The molecule has 1 aromatic carbocycles. The predicted octanol–water partition coefficient (Wildman–Crippen LogP) is 3.25. The highest BCUT2D eigenvalue weighted by atomic mass is 16.2. The highest BCUT2D eigenvalue weighted by Crippen LogP contribution is 2.16. The lowest BCUT2D eigenvalue weighted by Crippen LogP contribution is -2.28. The van der Waals surface area contributed by atoms with Gasteiger partial charge in [0.2, 0.25) is 0 Å². The maximum atomic E-state index is 12.1. The van der Waals surface area contributed by atoms with Crippen molar-refractivity contribution < 1.29 is 4.79 Å². The van der Waals surface area contributed by atoms with Crippen LogP contribution in [0, 0.1) is 6.92 Å². The van der Waals surface area contributed by atoms with E-state index in [1.165, 1.54) is 0 Å². The summed E-state index contributed by atoms with van der Waals surface area (Å²) in [5.41, 5.74) is 1.70. The van der Waals surface area contributed by atoms with Gasteiger partial charge in [0.25, 0.3) is 0 Å². The fourth-order valence-electron chi connectivity index (χ4n) is 1.94. The van der Waals surface area contributed by atoms with Crippen molar-refractivity contribution in [3.63, 3.8) is 0 Å². The number of nitrogens with one attached hydrogen (secondary N) is 2. The molecule has 0 aliphatic carbocycles. The second kappa shape index (κ2) is 7.21. The number of rotatable bonds is 4. The molecule has 22 heavy (non-hydrogen) atoms. The van der Waals surface area contributed by atoms with Gasteiger partial charge in [-0.15, -0.1) is 0 Å². The molecule has 0 saturated carbocycles. The monoisotopic (exact) mass is 297 g/mol. The molecule has 0 bridgehead atoms. The molecule has 0 unspecified atom stereocenters. The summed E-state index contributed by atoms with van der Waals surface area (Å²) in [5.74, 6) is 1.08. The lowest BCUT2D eigenvalue weighted by molar-refractivity contribution is 0.254. The van der Waals surface area contributed by atoms with Crippen LogP contribution in [0.4, 0.5) is 10.6 Å². The number of hydrogen-bond donors (Lipinski definition) is 2. The number of carbonyl (C=O) groups excluding carboxylic acids is 1. The van der Waals surface area contributed by atoms with E-state index in [1.807, 2.05) is 43.3 Å². The Morgan fingerprint density at radius 1 is 1.27 bits per heavy atom. The number of urea groups is 1. The number of aryl methyl sites for hydroxylation is 1. The number of anilines is 1. The number of amides is 2. The molecule has 1 heterocycles. The number of allylic oxidation sites excluding steroid dienone is 1. The molecule has 0 radical (unpaired) electrons. The first kappa shape index (κ1) is 15.5. The van der Waals surface area contributed by atoms with Gasteiger partial charge in [0.1, 0.15) is 11.6 Å². The zero-order chi connectivity index (χ0) is 15.9. The van der Waals surface area contributed by atoms with Gasteiger partial charge in [-0.3, -0.25) is 10.6 Å². The summed E-state index contributed by atoms with van der Waals surface area (Å²) in [5, 5.41) is 9.86. The van der Waals surface area contributed by atoms with Crippen molar-refractivity contribution >= 4 is 18.1 Å². The molecule has 0 aliphatic heterocycles. The van der Waals surface area contributed by atoms with Crippen LogP contribution >= 0.6 is 0 Å². The molecular weight excluding hydrogens is 278 g/mol. The summed E-state index contributed by atoms with van der Waals surface area (Å²) in [6.45, 7) is 5.47. The van der Waals surface area contributed by atoms with Gasteiger partial charge in [-0.05, 0) is 39.0 Å². The highest BCUT2D eigenvalue weighted by Gasteiger charge is 2.11. The van der Waals surface area contributed by atoms with E-state index in [1.54, 1.807) is 30.8 Å². The number of hydrogen-bond acceptors (Lipinski definition) is 3. The molecule has 0 aliphatic rings. The molecule has 2 N–H and O–H groups in total. The summed E-state index contributed by atoms with van der Waals surface area (Å²) in [7, 11) is 0. The minimum absolute atomic E-state index is 0.365. The summed E-state index contributed by atoms with van der Waals surface area (Å²) in [6.07, 6.45) is 3.34. The van der Waals surface area contributed by atoms with Gasteiger partial charge in [0.05, 0.1) is 11.4 Å². The van der Waals surface area contributed by atoms with E-state index >= 15 is 0 Å². The largest absolute Gasteiger partial charge is 0.326 e. The fourth-order valence-corrected chi connectivity index (χ4v) is 1.94. The average molecular weight is 297 g/mol. The van der Waals surface area contributed by atoms with Crippen LogP contribution in [0.5, 0.6) is 0 Å². The van der Waals surface area contributed by atoms with Gasteiger partial charge in [0, 0.05) is 12.3 Å². The van der Waals surface area contributed by atoms with Gasteiger partial charge >= 0.3 is 6.03 Å². The lowest BCUT2D eigenvalue weighted by atomic mass is 10.3. The number of benzene rings is 1. The van der Waals surface area contributed by atoms with Gasteiger partial charge in [-0.2, -0.15) is 5.10 Å². The molecule has 1 aromatic heterocycles. The normalized spacial score (nSPS) is 11.7. The maximum Gasteiger partial charge on any atom is 0.326 e. The van der Waals surface area contributed by atoms with Crippen molar-refractivity contribution in [3.05, 3.63) is 54.0 Å². The number of para-hydroxylation sites is 1. The number of carbonyl (C=O) groups is 1. The van der Waals surface area contributed by atoms with Gasteiger partial charge < -0.3 is 0 Å². The first-order chi connectivity index (χ1) is 10.6. The number of aromatic nitrogens is 2. The van der Waals surface area contributed by atoms with Crippen molar-refractivity contribution in [1.82, 2.24) is 15.1 Å². The summed E-state index contributed by atoms with van der Waals surface area (Å²) in [4.78, 5) is 16.1. The molecular formula is C16H19N5O. The number of nitrogens with zero attached hydrogens (tertiary/aromatic N) is 3. The predicted molar refractivity (Wildman–Crippen MR) is 88.4 cm³/mol. The van der Waals surface area contributed by atoms with Crippen molar-refractivity contribution in [3.8, 4) is 5.69 Å². The third kappa shape index (κ3) is 3.82. The summed E-state index contributed by atoms with van der Waals surface area (Å²) < 4.78 is 1.69. The highest BCUT2D eigenvalue weighted by molar-refractivity contribution is 5.90. The van der Waals surface area contributed by atoms with E-state index in [-0.39, 0.29) is 6.03 Å². The first-order valence-electron chi connectivity index (χ1n) is 6.99. The molecule has 114 valence electrons. The van der Waals surface area contributed by atoms with Crippen LogP contribution in [0.1, 0.15) is 19.5 Å². The van der Waals surface area contributed by atoms with Crippen LogP contribution in [0.15, 0.2) is 53.3 Å². The van der Waals surface area contributed by atoms with Crippen LogP contribution < -0.4 is 10.6 Å². The molecule has 2 rings (SSSR count).